The Balaban J connectivity index is 1.27. The van der Waals surface area contributed by atoms with Crippen LogP contribution in [0.1, 0.15) is 97.3 Å². The molecule has 4 aromatic carbocycles. The van der Waals surface area contributed by atoms with Gasteiger partial charge in [0.1, 0.15) is 5.78 Å². The van der Waals surface area contributed by atoms with Gasteiger partial charge in [0.05, 0.1) is 0 Å². The predicted molar refractivity (Wildman–Crippen MR) is 167 cm³/mol. The lowest BCUT2D eigenvalue weighted by Crippen LogP contribution is -2.66. The molecular formula is C39H41NO. The number of hydrogen-bond acceptors (Lipinski definition) is 2. The Morgan fingerprint density at radius 3 is 0.976 bits per heavy atom. The first-order valence-corrected chi connectivity index (χ1v) is 15.6. The maximum absolute atomic E-state index is 13.9. The van der Waals surface area contributed by atoms with E-state index < -0.39 is 0 Å². The van der Waals surface area contributed by atoms with Crippen LogP contribution in [0.2, 0.25) is 0 Å². The summed E-state index contributed by atoms with van der Waals surface area (Å²) in [5.74, 6) is 2.19. The van der Waals surface area contributed by atoms with Crippen molar-refractivity contribution in [2.24, 2.45) is 0 Å². The normalized spacial score (nSPS) is 31.8. The molecule has 2 heteroatoms. The second kappa shape index (κ2) is 11.1. The molecular weight excluding hydrogens is 498 g/mol. The van der Waals surface area contributed by atoms with E-state index in [0.717, 1.165) is 38.5 Å². The monoisotopic (exact) mass is 539 g/mol. The Kier molecular flexibility index (Phi) is 7.13. The molecule has 41 heavy (non-hydrogen) atoms. The number of nitrogens with one attached hydrogen (secondary N) is 1. The lowest BCUT2D eigenvalue weighted by Gasteiger charge is -2.57. The molecule has 3 aliphatic rings. The van der Waals surface area contributed by atoms with E-state index in [1.54, 1.807) is 0 Å². The fourth-order valence-corrected chi connectivity index (χ4v) is 8.95. The quantitative estimate of drug-likeness (QED) is 0.280. The van der Waals surface area contributed by atoms with Crippen LogP contribution < -0.4 is 5.32 Å². The number of ketones is 1. The average Bonchev–Trinajstić information content (AvgIpc) is 3.02. The molecule has 1 aliphatic heterocycles. The van der Waals surface area contributed by atoms with Crippen molar-refractivity contribution in [1.29, 1.82) is 0 Å². The molecule has 7 rings (SSSR count). The highest BCUT2D eigenvalue weighted by Crippen LogP contribution is 2.54. The number of hydrogen-bond donors (Lipinski definition) is 1. The molecule has 0 amide bonds. The maximum atomic E-state index is 13.9. The summed E-state index contributed by atoms with van der Waals surface area (Å²) >= 11 is 0. The first kappa shape index (κ1) is 26.4. The zero-order valence-electron chi connectivity index (χ0n) is 23.9. The molecule has 3 fully saturated rings. The van der Waals surface area contributed by atoms with Crippen LogP contribution in [0.3, 0.4) is 0 Å². The molecule has 4 aromatic rings. The van der Waals surface area contributed by atoms with Gasteiger partial charge in [-0.05, 0) is 84.5 Å². The minimum atomic E-state index is -0.186. The predicted octanol–water partition coefficient (Wildman–Crippen LogP) is 8.92. The fraction of sp³-hybridized carbons (Fsp3) is 0.359. The van der Waals surface area contributed by atoms with E-state index in [9.17, 15) is 4.79 Å². The summed E-state index contributed by atoms with van der Waals surface area (Å²) in [5.41, 5.74) is 5.27. The Morgan fingerprint density at radius 1 is 0.439 bits per heavy atom. The number of benzene rings is 4. The SMILES string of the molecule is O=C1CC2(C[C@H](c3ccccc3)C[C@H](c3ccccc3)C2)NC2(C1)C[C@H](c1ccccc1)C[C@H](c1ccccc1)C2. The molecule has 1 N–H and O–H groups in total. The van der Waals surface area contributed by atoms with Crippen molar-refractivity contribution < 1.29 is 4.79 Å². The summed E-state index contributed by atoms with van der Waals surface area (Å²) in [5, 5.41) is 4.39. The molecule has 1 saturated heterocycles. The molecule has 2 nitrogen and oxygen atoms in total. The number of carbonyl (C=O) groups is 1. The molecule has 2 aliphatic carbocycles. The molecule has 6 atom stereocenters. The van der Waals surface area contributed by atoms with Crippen molar-refractivity contribution in [3.8, 4) is 0 Å². The van der Waals surface area contributed by atoms with Crippen molar-refractivity contribution in [3.63, 3.8) is 0 Å². The standard InChI is InChI=1S/C39H41NO/c41-37-27-38(23-33(29-13-5-1-6-14-29)21-34(24-38)30-15-7-2-8-16-30)40-39(28-37)25-35(31-17-9-3-10-18-31)22-36(26-39)32-19-11-4-12-20-32/h1-20,33-36,40H,21-28H2/t33-,34+,35-,36+,38?,39?. The third-order valence-corrected chi connectivity index (χ3v) is 10.4. The van der Waals surface area contributed by atoms with Crippen LogP contribution in [-0.4, -0.2) is 16.9 Å². The molecule has 1 heterocycles. The molecule has 0 bridgehead atoms. The summed E-state index contributed by atoms with van der Waals surface area (Å²) in [6.45, 7) is 0. The first-order chi connectivity index (χ1) is 20.1. The number of carbonyl (C=O) groups excluding carboxylic acids is 1. The third-order valence-electron chi connectivity index (χ3n) is 10.4. The van der Waals surface area contributed by atoms with Gasteiger partial charge in [-0.1, -0.05) is 121 Å². The lowest BCUT2D eigenvalue weighted by atomic mass is 9.58. The van der Waals surface area contributed by atoms with Gasteiger partial charge in [0.25, 0.3) is 0 Å². The van der Waals surface area contributed by atoms with E-state index in [1.807, 2.05) is 0 Å². The highest BCUT2D eigenvalue weighted by atomic mass is 16.1. The molecule has 2 unspecified atom stereocenters. The van der Waals surface area contributed by atoms with Gasteiger partial charge < -0.3 is 5.32 Å². The second-order valence-corrected chi connectivity index (χ2v) is 13.3. The van der Waals surface area contributed by atoms with Crippen LogP contribution in [-0.2, 0) is 4.79 Å². The van der Waals surface area contributed by atoms with Gasteiger partial charge in [0, 0.05) is 23.9 Å². The van der Waals surface area contributed by atoms with E-state index in [1.165, 1.54) is 22.3 Å². The van der Waals surface area contributed by atoms with Crippen LogP contribution in [0.25, 0.3) is 0 Å². The van der Waals surface area contributed by atoms with Crippen molar-refractivity contribution in [2.45, 2.75) is 86.1 Å². The summed E-state index contributed by atoms with van der Waals surface area (Å²) < 4.78 is 0. The molecule has 208 valence electrons. The fourth-order valence-electron chi connectivity index (χ4n) is 8.95. The summed E-state index contributed by atoms with van der Waals surface area (Å²) in [4.78, 5) is 13.9. The van der Waals surface area contributed by atoms with Gasteiger partial charge in [-0.2, -0.15) is 0 Å². The van der Waals surface area contributed by atoms with Crippen molar-refractivity contribution in [3.05, 3.63) is 144 Å². The highest BCUT2D eigenvalue weighted by molar-refractivity contribution is 5.82. The maximum Gasteiger partial charge on any atom is 0.136 e. The molecule has 0 radical (unpaired) electrons. The van der Waals surface area contributed by atoms with Crippen molar-refractivity contribution in [2.75, 3.05) is 0 Å². The molecule has 2 spiro atoms. The average molecular weight is 540 g/mol. The van der Waals surface area contributed by atoms with Gasteiger partial charge in [-0.25, -0.2) is 0 Å². The van der Waals surface area contributed by atoms with Crippen molar-refractivity contribution in [1.82, 2.24) is 5.32 Å². The number of piperidine rings is 1. The number of Topliss-reactive ketones (excluding diaryl/α,β-unsaturated/α-hetero) is 1. The Morgan fingerprint density at radius 2 is 0.707 bits per heavy atom. The Labute approximate surface area is 245 Å². The van der Waals surface area contributed by atoms with Crippen LogP contribution in [0.15, 0.2) is 121 Å². The zero-order valence-corrected chi connectivity index (χ0v) is 23.9. The van der Waals surface area contributed by atoms with E-state index >= 15 is 0 Å². The summed E-state index contributed by atoms with van der Waals surface area (Å²) in [6, 6.07) is 44.2. The second-order valence-electron chi connectivity index (χ2n) is 13.3. The smallest absolute Gasteiger partial charge is 0.136 e. The van der Waals surface area contributed by atoms with Crippen molar-refractivity contribution >= 4 is 5.78 Å². The molecule has 2 saturated carbocycles. The minimum Gasteiger partial charge on any atom is -0.305 e. The highest BCUT2D eigenvalue weighted by Gasteiger charge is 2.53. The van der Waals surface area contributed by atoms with E-state index in [4.69, 9.17) is 0 Å². The van der Waals surface area contributed by atoms with Crippen LogP contribution in [0.4, 0.5) is 0 Å². The zero-order chi connectivity index (χ0) is 27.7. The molecule has 0 aromatic heterocycles. The third kappa shape index (κ3) is 5.55. The van der Waals surface area contributed by atoms with Crippen LogP contribution >= 0.6 is 0 Å². The van der Waals surface area contributed by atoms with Gasteiger partial charge in [-0.3, -0.25) is 4.79 Å². The van der Waals surface area contributed by atoms with Crippen LogP contribution in [0.5, 0.6) is 0 Å². The van der Waals surface area contributed by atoms with Gasteiger partial charge >= 0.3 is 0 Å². The Bertz CT molecular complexity index is 1240. The van der Waals surface area contributed by atoms with Gasteiger partial charge in [0.2, 0.25) is 0 Å². The topological polar surface area (TPSA) is 29.1 Å². The van der Waals surface area contributed by atoms with Crippen LogP contribution in [0, 0.1) is 0 Å². The minimum absolute atomic E-state index is 0.186. The lowest BCUT2D eigenvalue weighted by molar-refractivity contribution is -0.127. The largest absolute Gasteiger partial charge is 0.305 e. The van der Waals surface area contributed by atoms with E-state index in [0.29, 0.717) is 42.3 Å². The first-order valence-electron chi connectivity index (χ1n) is 15.6. The summed E-state index contributed by atoms with van der Waals surface area (Å²) in [6.07, 6.45) is 7.68. The number of rotatable bonds is 4. The summed E-state index contributed by atoms with van der Waals surface area (Å²) in [7, 11) is 0. The van der Waals surface area contributed by atoms with E-state index in [-0.39, 0.29) is 11.1 Å². The van der Waals surface area contributed by atoms with Gasteiger partial charge in [0.15, 0.2) is 0 Å². The van der Waals surface area contributed by atoms with E-state index in [2.05, 4.69) is 127 Å². The Hall–Kier alpha value is -3.49. The van der Waals surface area contributed by atoms with Gasteiger partial charge in [-0.15, -0.1) is 0 Å².